The lowest BCUT2D eigenvalue weighted by Crippen LogP contribution is -2.24. The molecular formula is C13H30O. The highest BCUT2D eigenvalue weighted by atomic mass is 16.5. The van der Waals surface area contributed by atoms with Crippen molar-refractivity contribution in [3.63, 3.8) is 0 Å². The van der Waals surface area contributed by atoms with Crippen LogP contribution in [-0.2, 0) is 4.74 Å². The van der Waals surface area contributed by atoms with Crippen LogP contribution in [0, 0.1) is 5.92 Å². The predicted molar refractivity (Wildman–Crippen MR) is 65.7 cm³/mol. The molecule has 0 aromatic carbocycles. The minimum atomic E-state index is 0.0869. The Morgan fingerprint density at radius 1 is 1.14 bits per heavy atom. The molecule has 0 saturated carbocycles. The average Bonchev–Trinajstić information content (AvgIpc) is 2.06. The third kappa shape index (κ3) is 12.0. The summed E-state index contributed by atoms with van der Waals surface area (Å²) in [5.41, 5.74) is 0.0869. The van der Waals surface area contributed by atoms with Crippen molar-refractivity contribution in [2.45, 2.75) is 73.3 Å². The Labute approximate surface area is 91.2 Å². The second kappa shape index (κ2) is 9.51. The molecule has 0 aliphatic heterocycles. The first-order valence-corrected chi connectivity index (χ1v) is 6.12. The lowest BCUT2D eigenvalue weighted by atomic mass is 10.0. The molecule has 14 heavy (non-hydrogen) atoms. The van der Waals surface area contributed by atoms with Gasteiger partial charge in [-0.05, 0) is 32.6 Å². The fourth-order valence-corrected chi connectivity index (χ4v) is 1.25. The molecule has 0 aliphatic rings. The molecule has 0 unspecified atom stereocenters. The number of ether oxygens (including phenoxy) is 1. The first kappa shape index (κ1) is 16.4. The maximum absolute atomic E-state index is 5.78. The quantitative estimate of drug-likeness (QED) is 0.609. The van der Waals surface area contributed by atoms with E-state index in [4.69, 9.17) is 4.74 Å². The highest BCUT2D eigenvalue weighted by molar-refractivity contribution is 4.67. The molecule has 0 heterocycles. The Hall–Kier alpha value is -0.0400. The molecule has 0 rings (SSSR count). The van der Waals surface area contributed by atoms with E-state index in [0.717, 1.165) is 18.9 Å². The van der Waals surface area contributed by atoms with Crippen molar-refractivity contribution in [1.82, 2.24) is 0 Å². The summed E-state index contributed by atoms with van der Waals surface area (Å²) in [5.74, 6) is 0.752. The van der Waals surface area contributed by atoms with E-state index in [9.17, 15) is 0 Å². The van der Waals surface area contributed by atoms with E-state index in [1.165, 1.54) is 12.8 Å². The van der Waals surface area contributed by atoms with Gasteiger partial charge in [0, 0.05) is 6.61 Å². The molecule has 0 amide bonds. The van der Waals surface area contributed by atoms with Gasteiger partial charge in [0.1, 0.15) is 0 Å². The summed E-state index contributed by atoms with van der Waals surface area (Å²) >= 11 is 0. The number of hydrogen-bond acceptors (Lipinski definition) is 1. The largest absolute Gasteiger partial charge is 0.376 e. The van der Waals surface area contributed by atoms with Crippen LogP contribution >= 0.6 is 0 Å². The van der Waals surface area contributed by atoms with Gasteiger partial charge in [-0.3, -0.25) is 0 Å². The molecule has 88 valence electrons. The van der Waals surface area contributed by atoms with Crippen LogP contribution in [0.5, 0.6) is 0 Å². The topological polar surface area (TPSA) is 9.23 Å². The molecule has 0 atom stereocenters. The van der Waals surface area contributed by atoms with Crippen molar-refractivity contribution in [1.29, 1.82) is 0 Å². The van der Waals surface area contributed by atoms with Crippen LogP contribution in [0.15, 0.2) is 0 Å². The predicted octanol–water partition coefficient (Wildman–Crippen LogP) is 4.65. The second-order valence-electron chi connectivity index (χ2n) is 4.54. The van der Waals surface area contributed by atoms with Crippen molar-refractivity contribution in [3.8, 4) is 0 Å². The molecule has 1 nitrogen and oxygen atoms in total. The van der Waals surface area contributed by atoms with Gasteiger partial charge >= 0.3 is 0 Å². The van der Waals surface area contributed by atoms with Crippen molar-refractivity contribution in [2.75, 3.05) is 6.61 Å². The van der Waals surface area contributed by atoms with Gasteiger partial charge in [-0.2, -0.15) is 0 Å². The third-order valence-electron chi connectivity index (χ3n) is 2.04. The van der Waals surface area contributed by atoms with Crippen LogP contribution in [0.2, 0.25) is 0 Å². The summed E-state index contributed by atoms with van der Waals surface area (Å²) < 4.78 is 5.78. The van der Waals surface area contributed by atoms with E-state index in [1.807, 2.05) is 13.8 Å². The monoisotopic (exact) mass is 202 g/mol. The zero-order chi connectivity index (χ0) is 11.6. The summed E-state index contributed by atoms with van der Waals surface area (Å²) in [6.45, 7) is 15.9. The first-order valence-electron chi connectivity index (χ1n) is 6.12. The summed E-state index contributed by atoms with van der Waals surface area (Å²) in [6, 6.07) is 0. The molecule has 1 heteroatoms. The zero-order valence-corrected chi connectivity index (χ0v) is 11.3. The minimum absolute atomic E-state index is 0.0869. The Bertz CT molecular complexity index is 106. The van der Waals surface area contributed by atoms with Gasteiger partial charge in [0.2, 0.25) is 0 Å². The lowest BCUT2D eigenvalue weighted by Gasteiger charge is -2.25. The third-order valence-corrected chi connectivity index (χ3v) is 2.04. The van der Waals surface area contributed by atoms with Crippen LogP contribution in [0.4, 0.5) is 0 Å². The lowest BCUT2D eigenvalue weighted by molar-refractivity contribution is -0.0281. The Balaban J connectivity index is 0. The van der Waals surface area contributed by atoms with E-state index in [-0.39, 0.29) is 5.60 Å². The Morgan fingerprint density at radius 2 is 1.64 bits per heavy atom. The highest BCUT2D eigenvalue weighted by Gasteiger charge is 2.16. The van der Waals surface area contributed by atoms with E-state index in [1.54, 1.807) is 0 Å². The summed E-state index contributed by atoms with van der Waals surface area (Å²) in [7, 11) is 0. The van der Waals surface area contributed by atoms with E-state index in [0.29, 0.717) is 0 Å². The van der Waals surface area contributed by atoms with Crippen molar-refractivity contribution < 1.29 is 4.74 Å². The molecule has 0 aromatic rings. The molecular weight excluding hydrogens is 172 g/mol. The van der Waals surface area contributed by atoms with Gasteiger partial charge in [0.15, 0.2) is 0 Å². The van der Waals surface area contributed by atoms with E-state index < -0.39 is 0 Å². The normalized spacial score (nSPS) is 11.1. The van der Waals surface area contributed by atoms with E-state index >= 15 is 0 Å². The fourth-order valence-electron chi connectivity index (χ4n) is 1.25. The van der Waals surface area contributed by atoms with Crippen molar-refractivity contribution in [3.05, 3.63) is 0 Å². The first-order chi connectivity index (χ1) is 6.48. The zero-order valence-electron chi connectivity index (χ0n) is 11.3. The molecule has 0 bridgehead atoms. The van der Waals surface area contributed by atoms with Crippen LogP contribution < -0.4 is 0 Å². The SMILES string of the molecule is CC.CCCC(C)(C)OCCC(C)C. The summed E-state index contributed by atoms with van der Waals surface area (Å²) in [4.78, 5) is 0. The average molecular weight is 202 g/mol. The highest BCUT2D eigenvalue weighted by Crippen LogP contribution is 2.17. The molecule has 0 aromatic heterocycles. The van der Waals surface area contributed by atoms with Crippen LogP contribution in [0.25, 0.3) is 0 Å². The molecule has 0 aliphatic carbocycles. The standard InChI is InChI=1S/C11H24O.C2H6/c1-6-8-11(4,5)12-9-7-10(2)3;1-2/h10H,6-9H2,1-5H3;1-2H3. The summed E-state index contributed by atoms with van der Waals surface area (Å²) in [6.07, 6.45) is 3.53. The Morgan fingerprint density at radius 3 is 2.00 bits per heavy atom. The van der Waals surface area contributed by atoms with Crippen LogP contribution in [0.3, 0.4) is 0 Å². The Kier molecular flexibility index (Phi) is 11.1. The maximum Gasteiger partial charge on any atom is 0.0626 e. The van der Waals surface area contributed by atoms with Gasteiger partial charge in [0.05, 0.1) is 5.60 Å². The molecule has 0 fully saturated rings. The second-order valence-corrected chi connectivity index (χ2v) is 4.54. The van der Waals surface area contributed by atoms with Gasteiger partial charge in [-0.25, -0.2) is 0 Å². The molecule has 0 saturated heterocycles. The number of hydrogen-bond donors (Lipinski definition) is 0. The van der Waals surface area contributed by atoms with Gasteiger partial charge in [-0.1, -0.05) is 41.0 Å². The van der Waals surface area contributed by atoms with Gasteiger partial charge in [0.25, 0.3) is 0 Å². The number of rotatable bonds is 6. The van der Waals surface area contributed by atoms with E-state index in [2.05, 4.69) is 34.6 Å². The smallest absolute Gasteiger partial charge is 0.0626 e. The van der Waals surface area contributed by atoms with Crippen molar-refractivity contribution >= 4 is 0 Å². The molecule has 0 N–H and O–H groups in total. The van der Waals surface area contributed by atoms with Crippen molar-refractivity contribution in [2.24, 2.45) is 5.92 Å². The van der Waals surface area contributed by atoms with Crippen LogP contribution in [-0.4, -0.2) is 12.2 Å². The maximum atomic E-state index is 5.78. The van der Waals surface area contributed by atoms with Gasteiger partial charge in [-0.15, -0.1) is 0 Å². The fraction of sp³-hybridized carbons (Fsp3) is 1.00. The summed E-state index contributed by atoms with van der Waals surface area (Å²) in [5, 5.41) is 0. The molecule has 0 spiro atoms. The minimum Gasteiger partial charge on any atom is -0.376 e. The van der Waals surface area contributed by atoms with Gasteiger partial charge < -0.3 is 4.74 Å². The van der Waals surface area contributed by atoms with Crippen LogP contribution in [0.1, 0.15) is 67.7 Å². The molecule has 0 radical (unpaired) electrons.